The van der Waals surface area contributed by atoms with Gasteiger partial charge >= 0.3 is 0 Å². The Morgan fingerprint density at radius 3 is 2.74 bits per heavy atom. The molecule has 0 unspecified atom stereocenters. The molecular weight excluding hydrogens is 332 g/mol. The fraction of sp³-hybridized carbons (Fsp3) is 0.0833. The summed E-state index contributed by atoms with van der Waals surface area (Å²) in [6, 6.07) is 5.21. The first kappa shape index (κ1) is 13.8. The summed E-state index contributed by atoms with van der Waals surface area (Å²) in [5.41, 5.74) is 0.808. The second kappa shape index (κ2) is 5.99. The van der Waals surface area contributed by atoms with E-state index in [1.807, 2.05) is 0 Å². The molecule has 0 fully saturated rings. The van der Waals surface area contributed by atoms with Crippen molar-refractivity contribution in [3.63, 3.8) is 0 Å². The molecule has 1 aromatic heterocycles. The Morgan fingerprint density at radius 1 is 1.32 bits per heavy atom. The van der Waals surface area contributed by atoms with Crippen LogP contribution in [0.15, 0.2) is 35.1 Å². The van der Waals surface area contributed by atoms with E-state index in [2.05, 4.69) is 36.5 Å². The van der Waals surface area contributed by atoms with E-state index < -0.39 is 0 Å². The molecule has 1 aromatic carbocycles. The number of nitrogens with zero attached hydrogens (tertiary/aromatic N) is 2. The highest BCUT2D eigenvalue weighted by Gasteiger charge is 2.11. The minimum absolute atomic E-state index is 0.228. The van der Waals surface area contributed by atoms with Gasteiger partial charge in [0.25, 0.3) is 5.91 Å². The molecule has 98 valence electrons. The van der Waals surface area contributed by atoms with Crippen molar-refractivity contribution in [2.75, 3.05) is 17.7 Å². The highest BCUT2D eigenvalue weighted by Crippen LogP contribution is 2.30. The van der Waals surface area contributed by atoms with Gasteiger partial charge in [0.2, 0.25) is 0 Å². The van der Waals surface area contributed by atoms with E-state index in [4.69, 9.17) is 11.6 Å². The van der Waals surface area contributed by atoms with Crippen LogP contribution in [0.4, 0.5) is 11.5 Å². The van der Waals surface area contributed by atoms with E-state index in [0.29, 0.717) is 21.0 Å². The summed E-state index contributed by atoms with van der Waals surface area (Å²) in [6.07, 6.45) is 2.89. The van der Waals surface area contributed by atoms with Gasteiger partial charge in [0.15, 0.2) is 0 Å². The molecule has 0 bridgehead atoms. The molecule has 2 N–H and O–H groups in total. The Hall–Kier alpha value is -1.66. The van der Waals surface area contributed by atoms with Gasteiger partial charge in [-0.3, -0.25) is 4.79 Å². The molecular formula is C12H10BrClN4O. The molecule has 1 heterocycles. The Labute approximate surface area is 123 Å². The number of amides is 1. The Kier molecular flexibility index (Phi) is 4.34. The van der Waals surface area contributed by atoms with Crippen LogP contribution in [-0.4, -0.2) is 22.9 Å². The van der Waals surface area contributed by atoms with E-state index in [1.165, 1.54) is 12.4 Å². The quantitative estimate of drug-likeness (QED) is 0.900. The molecule has 7 heteroatoms. The fourth-order valence-corrected chi connectivity index (χ4v) is 1.90. The number of nitrogens with one attached hydrogen (secondary N) is 2. The van der Waals surface area contributed by atoms with Crippen molar-refractivity contribution in [1.29, 1.82) is 0 Å². The van der Waals surface area contributed by atoms with Gasteiger partial charge in [-0.15, -0.1) is 0 Å². The predicted molar refractivity (Wildman–Crippen MR) is 78.7 cm³/mol. The number of carbonyl (C=O) groups excluding carboxylic acids is 1. The number of halogens is 2. The van der Waals surface area contributed by atoms with E-state index >= 15 is 0 Å². The SMILES string of the molecule is CNc1cnc(C(=O)Nc2cccc(Cl)c2Br)cn1. The number of hydrogen-bond acceptors (Lipinski definition) is 4. The van der Waals surface area contributed by atoms with Gasteiger partial charge in [0, 0.05) is 7.05 Å². The minimum Gasteiger partial charge on any atom is -0.372 e. The summed E-state index contributed by atoms with van der Waals surface area (Å²) in [5.74, 6) is 0.249. The molecule has 0 aliphatic carbocycles. The first-order valence-electron chi connectivity index (χ1n) is 5.37. The molecule has 0 spiro atoms. The van der Waals surface area contributed by atoms with Crippen molar-refractivity contribution in [1.82, 2.24) is 9.97 Å². The lowest BCUT2D eigenvalue weighted by Gasteiger charge is -2.08. The zero-order chi connectivity index (χ0) is 13.8. The molecule has 0 radical (unpaired) electrons. The number of anilines is 2. The van der Waals surface area contributed by atoms with Crippen LogP contribution in [-0.2, 0) is 0 Å². The maximum atomic E-state index is 12.0. The molecule has 0 aliphatic heterocycles. The lowest BCUT2D eigenvalue weighted by Crippen LogP contribution is -2.14. The van der Waals surface area contributed by atoms with Crippen LogP contribution in [0.1, 0.15) is 10.5 Å². The van der Waals surface area contributed by atoms with Crippen LogP contribution in [0.3, 0.4) is 0 Å². The summed E-state index contributed by atoms with van der Waals surface area (Å²) >= 11 is 9.26. The third-order valence-corrected chi connectivity index (χ3v) is 3.74. The summed E-state index contributed by atoms with van der Waals surface area (Å²) < 4.78 is 0.629. The second-order valence-corrected chi connectivity index (χ2v) is 4.79. The van der Waals surface area contributed by atoms with Crippen molar-refractivity contribution < 1.29 is 4.79 Å². The van der Waals surface area contributed by atoms with Gasteiger partial charge in [0.05, 0.1) is 27.6 Å². The van der Waals surface area contributed by atoms with Crippen LogP contribution in [0.2, 0.25) is 5.02 Å². The molecule has 1 amide bonds. The fourth-order valence-electron chi connectivity index (χ4n) is 1.36. The topological polar surface area (TPSA) is 66.9 Å². The zero-order valence-electron chi connectivity index (χ0n) is 9.95. The van der Waals surface area contributed by atoms with Crippen LogP contribution in [0, 0.1) is 0 Å². The van der Waals surface area contributed by atoms with E-state index in [9.17, 15) is 4.79 Å². The predicted octanol–water partition coefficient (Wildman–Crippen LogP) is 3.19. The van der Waals surface area contributed by atoms with Gasteiger partial charge in [-0.1, -0.05) is 17.7 Å². The molecule has 0 saturated carbocycles. The molecule has 0 saturated heterocycles. The highest BCUT2D eigenvalue weighted by molar-refractivity contribution is 9.10. The van der Waals surface area contributed by atoms with Crippen LogP contribution < -0.4 is 10.6 Å². The third-order valence-electron chi connectivity index (χ3n) is 2.34. The summed E-state index contributed by atoms with van der Waals surface area (Å²) in [6.45, 7) is 0. The number of benzene rings is 1. The van der Waals surface area contributed by atoms with Crippen molar-refractivity contribution in [3.8, 4) is 0 Å². The average Bonchev–Trinajstić information content (AvgIpc) is 2.44. The van der Waals surface area contributed by atoms with Gasteiger partial charge in [-0.25, -0.2) is 9.97 Å². The van der Waals surface area contributed by atoms with Gasteiger partial charge in [0.1, 0.15) is 11.5 Å². The van der Waals surface area contributed by atoms with Crippen molar-refractivity contribution in [2.45, 2.75) is 0 Å². The van der Waals surface area contributed by atoms with Crippen molar-refractivity contribution in [2.24, 2.45) is 0 Å². The third kappa shape index (κ3) is 3.21. The van der Waals surface area contributed by atoms with Gasteiger partial charge < -0.3 is 10.6 Å². The Morgan fingerprint density at radius 2 is 2.11 bits per heavy atom. The normalized spacial score (nSPS) is 10.1. The Bertz CT molecular complexity index is 603. The molecule has 0 aliphatic rings. The van der Waals surface area contributed by atoms with E-state index in [-0.39, 0.29) is 11.6 Å². The molecule has 0 atom stereocenters. The van der Waals surface area contributed by atoms with Gasteiger partial charge in [-0.2, -0.15) is 0 Å². The molecule has 2 rings (SSSR count). The largest absolute Gasteiger partial charge is 0.372 e. The van der Waals surface area contributed by atoms with Crippen LogP contribution >= 0.6 is 27.5 Å². The smallest absolute Gasteiger partial charge is 0.275 e. The molecule has 5 nitrogen and oxygen atoms in total. The monoisotopic (exact) mass is 340 g/mol. The molecule has 19 heavy (non-hydrogen) atoms. The standard InChI is InChI=1S/C12H10BrClN4O/c1-15-10-6-16-9(5-17-10)12(19)18-8-4-2-3-7(14)11(8)13/h2-6H,1H3,(H,15,17)(H,18,19). The van der Waals surface area contributed by atoms with E-state index in [1.54, 1.807) is 25.2 Å². The summed E-state index contributed by atoms with van der Waals surface area (Å²) in [4.78, 5) is 20.0. The highest BCUT2D eigenvalue weighted by atomic mass is 79.9. The number of rotatable bonds is 3. The first-order chi connectivity index (χ1) is 9.11. The first-order valence-corrected chi connectivity index (χ1v) is 6.54. The number of carbonyl (C=O) groups is 1. The number of aromatic nitrogens is 2. The van der Waals surface area contributed by atoms with Crippen molar-refractivity contribution in [3.05, 3.63) is 45.8 Å². The summed E-state index contributed by atoms with van der Waals surface area (Å²) in [7, 11) is 1.73. The number of hydrogen-bond donors (Lipinski definition) is 2. The van der Waals surface area contributed by atoms with Crippen molar-refractivity contribution >= 4 is 44.9 Å². The summed E-state index contributed by atoms with van der Waals surface area (Å²) in [5, 5.41) is 6.06. The average molecular weight is 342 g/mol. The van der Waals surface area contributed by atoms with Crippen LogP contribution in [0.5, 0.6) is 0 Å². The van der Waals surface area contributed by atoms with E-state index in [0.717, 1.165) is 0 Å². The molecule has 2 aromatic rings. The van der Waals surface area contributed by atoms with Gasteiger partial charge in [-0.05, 0) is 28.1 Å². The second-order valence-electron chi connectivity index (χ2n) is 3.59. The Balaban J connectivity index is 2.18. The maximum absolute atomic E-state index is 12.0. The zero-order valence-corrected chi connectivity index (χ0v) is 12.3. The maximum Gasteiger partial charge on any atom is 0.275 e. The van der Waals surface area contributed by atoms with Crippen LogP contribution in [0.25, 0.3) is 0 Å². The lowest BCUT2D eigenvalue weighted by atomic mass is 10.3. The minimum atomic E-state index is -0.349. The lowest BCUT2D eigenvalue weighted by molar-refractivity contribution is 0.102.